The Bertz CT molecular complexity index is 668. The molecule has 6 heteroatoms. The first-order valence-electron chi connectivity index (χ1n) is 6.59. The molecule has 0 aliphatic carbocycles. The van der Waals surface area contributed by atoms with Crippen molar-refractivity contribution in [2.45, 2.75) is 20.0 Å². The molecule has 1 aromatic heterocycles. The third-order valence-corrected chi connectivity index (χ3v) is 4.38. The number of ether oxygens (including phenoxy) is 2. The summed E-state index contributed by atoms with van der Waals surface area (Å²) in [6, 6.07) is 5.86. The minimum Gasteiger partial charge on any atom is -0.492 e. The number of nitrogens with two attached hydrogens (primary N) is 1. The maximum Gasteiger partial charge on any atom is 0.405 e. The van der Waals surface area contributed by atoms with Crippen molar-refractivity contribution in [1.29, 1.82) is 0 Å². The predicted molar refractivity (Wildman–Crippen MR) is 80.2 cm³/mol. The molecule has 21 heavy (non-hydrogen) atoms. The molecule has 0 fully saturated rings. The van der Waals surface area contributed by atoms with Crippen LogP contribution in [0.25, 0.3) is 10.4 Å². The van der Waals surface area contributed by atoms with Gasteiger partial charge in [0.1, 0.15) is 11.9 Å². The van der Waals surface area contributed by atoms with Crippen molar-refractivity contribution in [2.75, 3.05) is 6.61 Å². The summed E-state index contributed by atoms with van der Waals surface area (Å²) >= 11 is 1.57. The number of carbonyl (C=O) groups excluding carboxylic acids is 1. The average Bonchev–Trinajstić information content (AvgIpc) is 2.95. The molecule has 1 aliphatic rings. The van der Waals surface area contributed by atoms with Gasteiger partial charge in [0.05, 0.1) is 17.0 Å². The molecule has 2 aromatic rings. The molecule has 1 atom stereocenters. The molecule has 0 bridgehead atoms. The second-order valence-electron chi connectivity index (χ2n) is 5.71. The predicted octanol–water partition coefficient (Wildman–Crippen LogP) is 3.37. The van der Waals surface area contributed by atoms with E-state index in [-0.39, 0.29) is 5.41 Å². The van der Waals surface area contributed by atoms with Gasteiger partial charge in [0.25, 0.3) is 0 Å². The molecule has 5 nitrogen and oxygen atoms in total. The summed E-state index contributed by atoms with van der Waals surface area (Å²) in [4.78, 5) is 16.3. The first-order chi connectivity index (χ1) is 9.97. The molecule has 0 saturated carbocycles. The van der Waals surface area contributed by atoms with Crippen molar-refractivity contribution < 1.29 is 14.3 Å². The lowest BCUT2D eigenvalue weighted by molar-refractivity contribution is -0.0176. The highest BCUT2D eigenvalue weighted by atomic mass is 32.1. The van der Waals surface area contributed by atoms with Crippen LogP contribution in [-0.4, -0.2) is 17.7 Å². The smallest absolute Gasteiger partial charge is 0.405 e. The van der Waals surface area contributed by atoms with E-state index in [0.717, 1.165) is 21.8 Å². The van der Waals surface area contributed by atoms with Crippen LogP contribution >= 0.6 is 11.3 Å². The molecule has 1 aromatic carbocycles. The normalized spacial score (nSPS) is 19.4. The van der Waals surface area contributed by atoms with Gasteiger partial charge >= 0.3 is 6.09 Å². The van der Waals surface area contributed by atoms with E-state index in [4.69, 9.17) is 15.2 Å². The zero-order chi connectivity index (χ0) is 15.0. The molecular weight excluding hydrogens is 288 g/mol. The van der Waals surface area contributed by atoms with Crippen LogP contribution < -0.4 is 10.5 Å². The van der Waals surface area contributed by atoms with E-state index >= 15 is 0 Å². The van der Waals surface area contributed by atoms with Crippen molar-refractivity contribution in [3.05, 3.63) is 35.5 Å². The molecule has 0 radical (unpaired) electrons. The van der Waals surface area contributed by atoms with Crippen molar-refractivity contribution in [2.24, 2.45) is 11.1 Å². The highest BCUT2D eigenvalue weighted by Crippen LogP contribution is 2.46. The number of amides is 1. The average molecular weight is 304 g/mol. The van der Waals surface area contributed by atoms with Crippen molar-refractivity contribution in [1.82, 2.24) is 4.98 Å². The summed E-state index contributed by atoms with van der Waals surface area (Å²) in [7, 11) is 0. The van der Waals surface area contributed by atoms with Crippen molar-refractivity contribution >= 4 is 17.4 Å². The highest BCUT2D eigenvalue weighted by Gasteiger charge is 2.40. The quantitative estimate of drug-likeness (QED) is 0.923. The summed E-state index contributed by atoms with van der Waals surface area (Å²) in [6.45, 7) is 4.44. The lowest BCUT2D eigenvalue weighted by Crippen LogP contribution is -2.37. The lowest BCUT2D eigenvalue weighted by Gasteiger charge is -2.38. The number of rotatable bonds is 2. The number of hydrogen-bond acceptors (Lipinski definition) is 5. The SMILES string of the molecule is CC1(C)COc2cc(-c3cncs3)ccc2C1OC(N)=O. The summed E-state index contributed by atoms with van der Waals surface area (Å²) in [5.41, 5.74) is 8.55. The van der Waals surface area contributed by atoms with E-state index in [1.165, 1.54) is 0 Å². The van der Waals surface area contributed by atoms with E-state index in [1.54, 1.807) is 16.8 Å². The number of aromatic nitrogens is 1. The Balaban J connectivity index is 2.02. The van der Waals surface area contributed by atoms with E-state index in [9.17, 15) is 4.79 Å². The minimum absolute atomic E-state index is 0.325. The highest BCUT2D eigenvalue weighted by molar-refractivity contribution is 7.13. The van der Waals surface area contributed by atoms with Gasteiger partial charge in [0, 0.05) is 17.2 Å². The summed E-state index contributed by atoms with van der Waals surface area (Å²) in [5, 5.41) is 0. The Morgan fingerprint density at radius 3 is 3.00 bits per heavy atom. The van der Waals surface area contributed by atoms with Crippen LogP contribution in [0.5, 0.6) is 5.75 Å². The van der Waals surface area contributed by atoms with Crippen molar-refractivity contribution in [3.63, 3.8) is 0 Å². The van der Waals surface area contributed by atoms with Gasteiger partial charge in [-0.25, -0.2) is 4.79 Å². The third kappa shape index (κ3) is 2.58. The summed E-state index contributed by atoms with van der Waals surface area (Å²) in [5.74, 6) is 0.728. The van der Waals surface area contributed by atoms with Gasteiger partial charge < -0.3 is 15.2 Å². The van der Waals surface area contributed by atoms with E-state index in [1.807, 2.05) is 38.2 Å². The molecule has 1 aliphatic heterocycles. The fourth-order valence-corrected chi connectivity index (χ4v) is 3.11. The van der Waals surface area contributed by atoms with Gasteiger partial charge in [-0.3, -0.25) is 4.98 Å². The van der Waals surface area contributed by atoms with E-state index < -0.39 is 12.2 Å². The summed E-state index contributed by atoms with van der Waals surface area (Å²) < 4.78 is 11.2. The molecule has 2 heterocycles. The Morgan fingerprint density at radius 2 is 2.33 bits per heavy atom. The standard InChI is InChI=1S/C15H16N2O3S/c1-15(2)7-19-11-5-9(12-6-17-8-21-12)3-4-10(11)13(15)20-14(16)18/h3-6,8,13H,7H2,1-2H3,(H2,16,18). The third-order valence-electron chi connectivity index (χ3n) is 3.56. The molecule has 1 unspecified atom stereocenters. The minimum atomic E-state index is -0.771. The number of benzene rings is 1. The number of carbonyl (C=O) groups is 1. The first-order valence-corrected chi connectivity index (χ1v) is 7.47. The number of primary amides is 1. The Morgan fingerprint density at radius 1 is 1.52 bits per heavy atom. The van der Waals surface area contributed by atoms with Gasteiger partial charge in [-0.05, 0) is 11.6 Å². The largest absolute Gasteiger partial charge is 0.492 e. The van der Waals surface area contributed by atoms with Gasteiger partial charge in [-0.15, -0.1) is 11.3 Å². The molecule has 0 saturated heterocycles. The number of thiazole rings is 1. The van der Waals surface area contributed by atoms with Crippen LogP contribution in [-0.2, 0) is 4.74 Å². The van der Waals surface area contributed by atoms with Gasteiger partial charge in [-0.2, -0.15) is 0 Å². The lowest BCUT2D eigenvalue weighted by atomic mass is 9.81. The van der Waals surface area contributed by atoms with Crippen LogP contribution in [0.3, 0.4) is 0 Å². The van der Waals surface area contributed by atoms with Crippen LogP contribution in [0.2, 0.25) is 0 Å². The molecule has 0 spiro atoms. The second kappa shape index (κ2) is 5.04. The molecule has 3 rings (SSSR count). The number of fused-ring (bicyclic) bond motifs is 1. The monoisotopic (exact) mass is 304 g/mol. The summed E-state index contributed by atoms with van der Waals surface area (Å²) in [6.07, 6.45) is 0.637. The Hall–Kier alpha value is -2.08. The maximum atomic E-state index is 11.2. The zero-order valence-corrected chi connectivity index (χ0v) is 12.6. The number of nitrogens with zero attached hydrogens (tertiary/aromatic N) is 1. The van der Waals surface area contributed by atoms with Gasteiger partial charge in [0.15, 0.2) is 0 Å². The van der Waals surface area contributed by atoms with Crippen LogP contribution in [0.15, 0.2) is 29.9 Å². The molecule has 2 N–H and O–H groups in total. The zero-order valence-electron chi connectivity index (χ0n) is 11.8. The molecule has 110 valence electrons. The first kappa shape index (κ1) is 13.9. The van der Waals surface area contributed by atoms with Crippen LogP contribution in [0.4, 0.5) is 4.79 Å². The Kier molecular flexibility index (Phi) is 3.33. The maximum absolute atomic E-state index is 11.2. The topological polar surface area (TPSA) is 74.4 Å². The molecular formula is C15H16N2O3S. The van der Waals surface area contributed by atoms with E-state index in [0.29, 0.717) is 6.61 Å². The van der Waals surface area contributed by atoms with E-state index in [2.05, 4.69) is 4.98 Å². The van der Waals surface area contributed by atoms with Crippen LogP contribution in [0.1, 0.15) is 25.5 Å². The second-order valence-corrected chi connectivity index (χ2v) is 6.60. The van der Waals surface area contributed by atoms with Crippen molar-refractivity contribution in [3.8, 4) is 16.2 Å². The fourth-order valence-electron chi connectivity index (χ4n) is 2.49. The van der Waals surface area contributed by atoms with Gasteiger partial charge in [-0.1, -0.05) is 26.0 Å². The van der Waals surface area contributed by atoms with Crippen LogP contribution in [0, 0.1) is 5.41 Å². The van der Waals surface area contributed by atoms with Gasteiger partial charge in [0.2, 0.25) is 0 Å². The Labute approximate surface area is 126 Å². The molecule has 1 amide bonds. The number of hydrogen-bond donors (Lipinski definition) is 1. The fraction of sp³-hybridized carbons (Fsp3) is 0.333.